The Morgan fingerprint density at radius 3 is 2.31 bits per heavy atom. The highest BCUT2D eigenvalue weighted by Crippen LogP contribution is 2.02. The van der Waals surface area contributed by atoms with Crippen molar-refractivity contribution in [2.75, 3.05) is 13.6 Å². The number of hydrogen-bond acceptors (Lipinski definition) is 2. The third-order valence-corrected chi connectivity index (χ3v) is 1.60. The predicted octanol–water partition coefficient (Wildman–Crippen LogP) is 1.02. The van der Waals surface area contributed by atoms with Gasteiger partial charge in [0.15, 0.2) is 0 Å². The predicted molar refractivity (Wildman–Crippen MR) is 46.7 cm³/mol. The number of amides is 1. The monoisotopic (exact) mass is 187 g/mol. The molecule has 0 bridgehead atoms. The summed E-state index contributed by atoms with van der Waals surface area (Å²) in [6.45, 7) is 3.65. The van der Waals surface area contributed by atoms with Crippen LogP contribution >= 0.6 is 0 Å². The van der Waals surface area contributed by atoms with Crippen LogP contribution in [-0.2, 0) is 4.79 Å². The molecule has 5 nitrogen and oxygen atoms in total. The molecule has 0 fully saturated rings. The van der Waals surface area contributed by atoms with Crippen LogP contribution in [0.1, 0.15) is 12.8 Å². The van der Waals surface area contributed by atoms with Gasteiger partial charge in [-0.05, 0) is 12.8 Å². The minimum Gasteiger partial charge on any atom is -0.478 e. The first kappa shape index (κ1) is 11.5. The van der Waals surface area contributed by atoms with Crippen LogP contribution in [0.5, 0.6) is 0 Å². The molecule has 0 spiro atoms. The molecule has 0 aromatic heterocycles. The van der Waals surface area contributed by atoms with Crippen LogP contribution in [0.25, 0.3) is 0 Å². The summed E-state index contributed by atoms with van der Waals surface area (Å²) < 4.78 is 0. The zero-order valence-electron chi connectivity index (χ0n) is 7.49. The maximum atomic E-state index is 10.3. The maximum absolute atomic E-state index is 10.3. The molecule has 0 radical (unpaired) electrons. The van der Waals surface area contributed by atoms with E-state index in [-0.39, 0.29) is 5.57 Å². The molecule has 0 heterocycles. The summed E-state index contributed by atoms with van der Waals surface area (Å²) in [5.41, 5.74) is 0.110. The van der Waals surface area contributed by atoms with Gasteiger partial charge in [-0.2, -0.15) is 0 Å². The normalized spacial score (nSPS) is 9.31. The minimum atomic E-state index is -1.03. The van der Waals surface area contributed by atoms with E-state index in [0.29, 0.717) is 19.4 Å². The van der Waals surface area contributed by atoms with Crippen molar-refractivity contribution in [2.45, 2.75) is 12.8 Å². The van der Waals surface area contributed by atoms with Gasteiger partial charge in [-0.1, -0.05) is 6.58 Å². The van der Waals surface area contributed by atoms with Crippen molar-refractivity contribution in [3.63, 3.8) is 0 Å². The van der Waals surface area contributed by atoms with Crippen molar-refractivity contribution < 1.29 is 19.8 Å². The zero-order valence-corrected chi connectivity index (χ0v) is 7.49. The second-order valence-electron chi connectivity index (χ2n) is 2.72. The van der Waals surface area contributed by atoms with Gasteiger partial charge in [0.05, 0.1) is 0 Å². The number of aliphatic carboxylic acids is 1. The van der Waals surface area contributed by atoms with Gasteiger partial charge in [0.25, 0.3) is 0 Å². The molecule has 0 aliphatic carbocycles. The SMILES string of the molecule is C=C(CCCN(C)C(=O)O)C(=O)O. The van der Waals surface area contributed by atoms with E-state index in [9.17, 15) is 9.59 Å². The Kier molecular flexibility index (Phi) is 4.58. The first-order chi connectivity index (χ1) is 5.95. The Labute approximate surface area is 76.3 Å². The standard InChI is InChI=1S/C8H13NO4/c1-6(7(10)11)4-3-5-9(2)8(12)13/h1,3-5H2,2H3,(H,10,11)(H,12,13). The van der Waals surface area contributed by atoms with E-state index in [4.69, 9.17) is 10.2 Å². The van der Waals surface area contributed by atoms with Gasteiger partial charge >= 0.3 is 12.1 Å². The molecule has 0 aromatic carbocycles. The number of rotatable bonds is 5. The molecular formula is C8H13NO4. The fraction of sp³-hybridized carbons (Fsp3) is 0.500. The van der Waals surface area contributed by atoms with Gasteiger partial charge in [0.1, 0.15) is 0 Å². The van der Waals surface area contributed by atoms with Crippen molar-refractivity contribution in [1.82, 2.24) is 4.90 Å². The van der Waals surface area contributed by atoms with Crippen molar-refractivity contribution >= 4 is 12.1 Å². The maximum Gasteiger partial charge on any atom is 0.407 e. The Morgan fingerprint density at radius 1 is 1.38 bits per heavy atom. The summed E-state index contributed by atoms with van der Waals surface area (Å²) in [7, 11) is 1.44. The average molecular weight is 187 g/mol. The minimum absolute atomic E-state index is 0.110. The Bertz CT molecular complexity index is 224. The molecule has 0 rings (SSSR count). The number of carbonyl (C=O) groups is 2. The number of nitrogens with zero attached hydrogens (tertiary/aromatic N) is 1. The molecule has 0 saturated heterocycles. The number of carboxylic acids is 1. The van der Waals surface area contributed by atoms with E-state index in [1.807, 2.05) is 0 Å². The molecule has 74 valence electrons. The third-order valence-electron chi connectivity index (χ3n) is 1.60. The molecular weight excluding hydrogens is 174 g/mol. The van der Waals surface area contributed by atoms with E-state index in [0.717, 1.165) is 4.90 Å². The fourth-order valence-corrected chi connectivity index (χ4v) is 0.732. The van der Waals surface area contributed by atoms with Crippen LogP contribution < -0.4 is 0 Å². The molecule has 0 saturated carbocycles. The highest BCUT2D eigenvalue weighted by Gasteiger charge is 2.07. The second kappa shape index (κ2) is 5.18. The smallest absolute Gasteiger partial charge is 0.407 e. The summed E-state index contributed by atoms with van der Waals surface area (Å²) >= 11 is 0. The lowest BCUT2D eigenvalue weighted by Crippen LogP contribution is -2.25. The van der Waals surface area contributed by atoms with Crippen molar-refractivity contribution in [1.29, 1.82) is 0 Å². The van der Waals surface area contributed by atoms with Crippen LogP contribution in [0.4, 0.5) is 4.79 Å². The van der Waals surface area contributed by atoms with Crippen molar-refractivity contribution in [3.8, 4) is 0 Å². The van der Waals surface area contributed by atoms with Crippen molar-refractivity contribution in [3.05, 3.63) is 12.2 Å². The zero-order chi connectivity index (χ0) is 10.4. The molecule has 13 heavy (non-hydrogen) atoms. The Balaban J connectivity index is 3.62. The topological polar surface area (TPSA) is 77.8 Å². The Morgan fingerprint density at radius 2 is 1.92 bits per heavy atom. The number of carboxylic acid groups (broad SMARTS) is 2. The van der Waals surface area contributed by atoms with Crippen LogP contribution in [0, 0.1) is 0 Å². The lowest BCUT2D eigenvalue weighted by molar-refractivity contribution is -0.132. The lowest BCUT2D eigenvalue weighted by atomic mass is 10.1. The van der Waals surface area contributed by atoms with E-state index in [1.165, 1.54) is 7.05 Å². The highest BCUT2D eigenvalue weighted by atomic mass is 16.4. The van der Waals surface area contributed by atoms with E-state index in [1.54, 1.807) is 0 Å². The molecule has 1 amide bonds. The molecule has 0 unspecified atom stereocenters. The van der Waals surface area contributed by atoms with E-state index in [2.05, 4.69) is 6.58 Å². The summed E-state index contributed by atoms with van der Waals surface area (Å²) in [4.78, 5) is 21.7. The van der Waals surface area contributed by atoms with Crippen LogP contribution in [-0.4, -0.2) is 40.8 Å². The summed E-state index contributed by atoms with van der Waals surface area (Å²) in [5.74, 6) is -1.03. The largest absolute Gasteiger partial charge is 0.478 e. The van der Waals surface area contributed by atoms with Crippen LogP contribution in [0.3, 0.4) is 0 Å². The first-order valence-corrected chi connectivity index (χ1v) is 3.80. The third kappa shape index (κ3) is 4.84. The van der Waals surface area contributed by atoms with E-state index < -0.39 is 12.1 Å². The van der Waals surface area contributed by atoms with Crippen molar-refractivity contribution in [2.24, 2.45) is 0 Å². The van der Waals surface area contributed by atoms with Gasteiger partial charge < -0.3 is 15.1 Å². The van der Waals surface area contributed by atoms with E-state index >= 15 is 0 Å². The summed E-state index contributed by atoms with van der Waals surface area (Å²) in [6, 6.07) is 0. The van der Waals surface area contributed by atoms with Crippen LogP contribution in [0.15, 0.2) is 12.2 Å². The highest BCUT2D eigenvalue weighted by molar-refractivity contribution is 5.85. The van der Waals surface area contributed by atoms with Gasteiger partial charge in [-0.25, -0.2) is 9.59 Å². The molecule has 0 atom stereocenters. The van der Waals surface area contributed by atoms with Gasteiger partial charge in [0, 0.05) is 19.2 Å². The Hall–Kier alpha value is -1.52. The van der Waals surface area contributed by atoms with Gasteiger partial charge in [-0.15, -0.1) is 0 Å². The summed E-state index contributed by atoms with van der Waals surface area (Å²) in [5, 5.41) is 16.9. The molecule has 0 aromatic rings. The number of hydrogen-bond donors (Lipinski definition) is 2. The quantitative estimate of drug-likeness (QED) is 0.630. The average Bonchev–Trinajstić information content (AvgIpc) is 2.03. The summed E-state index contributed by atoms with van der Waals surface area (Å²) in [6.07, 6.45) is -0.220. The fourth-order valence-electron chi connectivity index (χ4n) is 0.732. The molecule has 2 N–H and O–H groups in total. The van der Waals surface area contributed by atoms with Gasteiger partial charge in [0.2, 0.25) is 0 Å². The van der Waals surface area contributed by atoms with Crippen LogP contribution in [0.2, 0.25) is 0 Å². The molecule has 0 aliphatic rings. The second-order valence-corrected chi connectivity index (χ2v) is 2.72. The lowest BCUT2D eigenvalue weighted by Gasteiger charge is -2.11. The van der Waals surface area contributed by atoms with Gasteiger partial charge in [-0.3, -0.25) is 0 Å². The first-order valence-electron chi connectivity index (χ1n) is 3.80. The molecule has 0 aliphatic heterocycles. The molecule has 5 heteroatoms.